The van der Waals surface area contributed by atoms with Gasteiger partial charge in [0, 0.05) is 5.69 Å². The molecule has 1 atom stereocenters. The average molecular weight is 237 g/mol. The van der Waals surface area contributed by atoms with E-state index >= 15 is 0 Å². The molecule has 0 saturated carbocycles. The van der Waals surface area contributed by atoms with Crippen molar-refractivity contribution in [2.45, 2.75) is 33.2 Å². The molecule has 0 fully saturated rings. The van der Waals surface area contributed by atoms with Crippen LogP contribution in [0.4, 0.5) is 5.69 Å². The lowest BCUT2D eigenvalue weighted by molar-refractivity contribution is 0.820. The van der Waals surface area contributed by atoms with Crippen molar-refractivity contribution in [3.63, 3.8) is 0 Å². The maximum Gasteiger partial charge on any atom is 0.0555 e. The third-order valence-corrected chi connectivity index (χ3v) is 3.80. The molecule has 0 saturated heterocycles. The van der Waals surface area contributed by atoms with Gasteiger partial charge in [-0.3, -0.25) is 0 Å². The van der Waals surface area contributed by atoms with E-state index in [9.17, 15) is 0 Å². The second kappa shape index (κ2) is 4.16. The number of rotatable bonds is 1. The summed E-state index contributed by atoms with van der Waals surface area (Å²) in [5, 5.41) is 3.66. The van der Waals surface area contributed by atoms with Crippen molar-refractivity contribution in [2.24, 2.45) is 0 Å². The summed E-state index contributed by atoms with van der Waals surface area (Å²) in [4.78, 5) is 0. The molecule has 1 unspecified atom stereocenters. The van der Waals surface area contributed by atoms with E-state index in [0.717, 1.165) is 6.42 Å². The Morgan fingerprint density at radius 3 is 2.61 bits per heavy atom. The first-order valence-corrected chi connectivity index (χ1v) is 6.57. The lowest BCUT2D eigenvalue weighted by Gasteiger charge is -2.12. The first-order valence-electron chi connectivity index (χ1n) is 6.57. The zero-order chi connectivity index (χ0) is 12.7. The summed E-state index contributed by atoms with van der Waals surface area (Å²) < 4.78 is 0. The molecule has 92 valence electrons. The van der Waals surface area contributed by atoms with E-state index in [1.54, 1.807) is 0 Å². The van der Waals surface area contributed by atoms with Crippen molar-refractivity contribution in [2.75, 3.05) is 5.32 Å². The van der Waals surface area contributed by atoms with Gasteiger partial charge in [-0.25, -0.2) is 0 Å². The van der Waals surface area contributed by atoms with Crippen molar-refractivity contribution in [1.82, 2.24) is 0 Å². The Hall–Kier alpha value is -1.76. The van der Waals surface area contributed by atoms with Gasteiger partial charge in [0.1, 0.15) is 0 Å². The van der Waals surface area contributed by atoms with Gasteiger partial charge in [0.05, 0.1) is 6.04 Å². The molecule has 0 aliphatic carbocycles. The van der Waals surface area contributed by atoms with Crippen LogP contribution in [0, 0.1) is 20.8 Å². The zero-order valence-corrected chi connectivity index (χ0v) is 11.2. The fraction of sp³-hybridized carbons (Fsp3) is 0.294. The second-order valence-corrected chi connectivity index (χ2v) is 5.42. The van der Waals surface area contributed by atoms with Gasteiger partial charge < -0.3 is 5.32 Å². The maximum absolute atomic E-state index is 3.66. The smallest absolute Gasteiger partial charge is 0.0555 e. The molecule has 18 heavy (non-hydrogen) atoms. The highest BCUT2D eigenvalue weighted by Gasteiger charge is 2.23. The first kappa shape index (κ1) is 11.3. The van der Waals surface area contributed by atoms with Crippen LogP contribution in [-0.4, -0.2) is 0 Å². The zero-order valence-electron chi connectivity index (χ0n) is 11.2. The van der Waals surface area contributed by atoms with E-state index < -0.39 is 0 Å². The second-order valence-electron chi connectivity index (χ2n) is 5.42. The van der Waals surface area contributed by atoms with Crippen molar-refractivity contribution in [1.29, 1.82) is 0 Å². The van der Waals surface area contributed by atoms with E-state index in [1.807, 2.05) is 0 Å². The molecule has 1 aliphatic heterocycles. The summed E-state index contributed by atoms with van der Waals surface area (Å²) in [6, 6.07) is 13.8. The maximum atomic E-state index is 3.66. The van der Waals surface area contributed by atoms with Crippen LogP contribution < -0.4 is 5.32 Å². The molecule has 0 aromatic heterocycles. The van der Waals surface area contributed by atoms with Gasteiger partial charge in [0.2, 0.25) is 0 Å². The largest absolute Gasteiger partial charge is 0.378 e. The highest BCUT2D eigenvalue weighted by Crippen LogP contribution is 2.36. The summed E-state index contributed by atoms with van der Waals surface area (Å²) in [6.07, 6.45) is 1.10. The summed E-state index contributed by atoms with van der Waals surface area (Å²) >= 11 is 0. The summed E-state index contributed by atoms with van der Waals surface area (Å²) in [6.45, 7) is 6.53. The third kappa shape index (κ3) is 1.90. The van der Waals surface area contributed by atoms with E-state index in [2.05, 4.69) is 62.5 Å². The highest BCUT2D eigenvalue weighted by atomic mass is 14.9. The Morgan fingerprint density at radius 1 is 1.00 bits per heavy atom. The Morgan fingerprint density at radius 2 is 1.83 bits per heavy atom. The van der Waals surface area contributed by atoms with Crippen LogP contribution in [0.2, 0.25) is 0 Å². The normalized spacial score (nSPS) is 17.4. The molecule has 1 N–H and O–H groups in total. The number of aryl methyl sites for hydroxylation is 3. The van der Waals surface area contributed by atoms with Crippen LogP contribution in [0.25, 0.3) is 0 Å². The molecule has 0 spiro atoms. The fourth-order valence-corrected chi connectivity index (χ4v) is 2.93. The quantitative estimate of drug-likeness (QED) is 0.778. The van der Waals surface area contributed by atoms with Crippen LogP contribution >= 0.6 is 0 Å². The molecule has 1 nitrogen and oxygen atoms in total. The van der Waals surface area contributed by atoms with Gasteiger partial charge in [-0.05, 0) is 55.5 Å². The molecule has 1 heterocycles. The molecule has 0 radical (unpaired) electrons. The fourth-order valence-electron chi connectivity index (χ4n) is 2.93. The van der Waals surface area contributed by atoms with Crippen molar-refractivity contribution >= 4 is 5.69 Å². The lowest BCUT2D eigenvalue weighted by Crippen LogP contribution is -2.05. The average Bonchev–Trinajstić information content (AvgIpc) is 2.73. The number of anilines is 1. The minimum absolute atomic E-state index is 0.431. The van der Waals surface area contributed by atoms with Crippen LogP contribution in [0.1, 0.15) is 33.9 Å². The van der Waals surface area contributed by atoms with E-state index in [4.69, 9.17) is 0 Å². The van der Waals surface area contributed by atoms with Crippen molar-refractivity contribution < 1.29 is 0 Å². The Bertz CT molecular complexity index is 599. The molecular weight excluding hydrogens is 218 g/mol. The highest BCUT2D eigenvalue weighted by molar-refractivity contribution is 5.62. The standard InChI is InChI=1S/C17H19N/c1-11-5-4-6-14(8-11)16-10-15-13(3)7-12(2)9-17(15)18-16/h4-9,16,18H,10H2,1-3H3. The molecule has 3 rings (SSSR count). The van der Waals surface area contributed by atoms with Gasteiger partial charge in [0.25, 0.3) is 0 Å². The Kier molecular flexibility index (Phi) is 2.62. The molecule has 0 amide bonds. The molecule has 2 aromatic carbocycles. The van der Waals surface area contributed by atoms with Gasteiger partial charge in [0.15, 0.2) is 0 Å². The van der Waals surface area contributed by atoms with Crippen LogP contribution in [-0.2, 0) is 6.42 Å². The Balaban J connectivity index is 1.96. The van der Waals surface area contributed by atoms with Crippen molar-refractivity contribution in [3.8, 4) is 0 Å². The SMILES string of the molecule is Cc1cccc(C2Cc3c(C)cc(C)cc3N2)c1. The Labute approximate surface area is 109 Å². The number of hydrogen-bond donors (Lipinski definition) is 1. The van der Waals surface area contributed by atoms with E-state index in [0.29, 0.717) is 6.04 Å². The number of fused-ring (bicyclic) bond motifs is 1. The summed E-state index contributed by atoms with van der Waals surface area (Å²) in [7, 11) is 0. The summed E-state index contributed by atoms with van der Waals surface area (Å²) in [5.41, 5.74) is 8.27. The molecule has 1 heteroatoms. The number of nitrogens with one attached hydrogen (secondary N) is 1. The van der Waals surface area contributed by atoms with Crippen LogP contribution in [0.5, 0.6) is 0 Å². The molecule has 2 aromatic rings. The molecule has 1 aliphatic rings. The number of hydrogen-bond acceptors (Lipinski definition) is 1. The minimum Gasteiger partial charge on any atom is -0.378 e. The predicted molar refractivity (Wildman–Crippen MR) is 77.2 cm³/mol. The summed E-state index contributed by atoms with van der Waals surface area (Å²) in [5.74, 6) is 0. The van der Waals surface area contributed by atoms with Crippen LogP contribution in [0.3, 0.4) is 0 Å². The third-order valence-electron chi connectivity index (χ3n) is 3.80. The monoisotopic (exact) mass is 237 g/mol. The predicted octanol–water partition coefficient (Wildman–Crippen LogP) is 4.32. The first-order chi connectivity index (χ1) is 8.63. The number of benzene rings is 2. The lowest BCUT2D eigenvalue weighted by atomic mass is 9.98. The minimum atomic E-state index is 0.431. The van der Waals surface area contributed by atoms with Gasteiger partial charge in [-0.15, -0.1) is 0 Å². The van der Waals surface area contributed by atoms with E-state index in [-0.39, 0.29) is 0 Å². The van der Waals surface area contributed by atoms with Gasteiger partial charge >= 0.3 is 0 Å². The molecule has 0 bridgehead atoms. The van der Waals surface area contributed by atoms with E-state index in [1.165, 1.54) is 33.5 Å². The van der Waals surface area contributed by atoms with Crippen LogP contribution in [0.15, 0.2) is 36.4 Å². The molecular formula is C17H19N. The topological polar surface area (TPSA) is 12.0 Å². The van der Waals surface area contributed by atoms with Gasteiger partial charge in [-0.1, -0.05) is 35.9 Å². The van der Waals surface area contributed by atoms with Crippen molar-refractivity contribution in [3.05, 3.63) is 64.2 Å². The van der Waals surface area contributed by atoms with Gasteiger partial charge in [-0.2, -0.15) is 0 Å².